The van der Waals surface area contributed by atoms with E-state index in [2.05, 4.69) is 270 Å². The zero-order valence-corrected chi connectivity index (χ0v) is 68.6. The number of hydrogen-bond acceptors (Lipinski definition) is 9. The molecule has 0 aliphatic heterocycles. The van der Waals surface area contributed by atoms with E-state index in [-0.39, 0.29) is 28.6 Å². The molecular weight excluding hydrogens is 1560 g/mol. The van der Waals surface area contributed by atoms with Crippen LogP contribution >= 0.6 is 0 Å². The lowest BCUT2D eigenvalue weighted by Gasteiger charge is -2.16. The van der Waals surface area contributed by atoms with Crippen LogP contribution in [0.3, 0.4) is 0 Å². The Kier molecular flexibility index (Phi) is 16.8. The Morgan fingerprint density at radius 1 is 0.133 bits per heavy atom. The van der Waals surface area contributed by atoms with Crippen molar-refractivity contribution in [3.63, 3.8) is 0 Å². The first-order valence-electron chi connectivity index (χ1n) is 47.3. The molecule has 0 amide bonds. The molecule has 0 aliphatic rings. The molecule has 0 aliphatic carbocycles. The molecule has 128 heavy (non-hydrogen) atoms. The molecule has 596 valence electrons. The number of hydrogen-bond donors (Lipinski definition) is 0. The van der Waals surface area contributed by atoms with E-state index in [1.807, 2.05) is 133 Å². The van der Waals surface area contributed by atoms with E-state index in [0.29, 0.717) is 40.5 Å². The van der Waals surface area contributed by atoms with Crippen LogP contribution in [0, 0.1) is 0 Å². The molecule has 3 heterocycles. The predicted octanol–water partition coefficient (Wildman–Crippen LogP) is 30.6. The lowest BCUT2D eigenvalue weighted by atomic mass is 9.88. The Hall–Kier alpha value is -17.3. The molecule has 9 nitrogen and oxygen atoms in total. The monoisotopic (exact) mass is 1640 g/mol. The smallest absolute Gasteiger partial charge is 0.164 e. The maximum Gasteiger partial charge on any atom is 0.164 e. The molecule has 3 aromatic heterocycles. The Morgan fingerprint density at radius 3 is 0.938 bits per heavy atom. The fraction of sp³-hybridized carbons (Fsp3) is 0. The summed E-state index contributed by atoms with van der Waals surface area (Å²) >= 11 is 0. The second-order valence-corrected chi connectivity index (χ2v) is 31.4. The minimum atomic E-state index is -0.591. The fourth-order valence-corrected chi connectivity index (χ4v) is 17.9. The lowest BCUT2D eigenvalue weighted by Crippen LogP contribution is -2.01. The predicted molar refractivity (Wildman–Crippen MR) is 532 cm³/mol. The Labute approximate surface area is 752 Å². The third-order valence-corrected chi connectivity index (χ3v) is 23.9. The van der Waals surface area contributed by atoms with Gasteiger partial charge in [-0.3, -0.25) is 0 Å². The van der Waals surface area contributed by atoms with E-state index in [1.54, 1.807) is 6.07 Å². The van der Waals surface area contributed by atoms with Crippen molar-refractivity contribution >= 4 is 118 Å². The molecule has 25 aromatic rings. The maximum atomic E-state index is 8.55. The lowest BCUT2D eigenvalue weighted by molar-refractivity contribution is 1.07. The Balaban J connectivity index is 0.000000116. The first-order chi connectivity index (χ1) is 67.6. The normalized spacial score (nSPS) is 12.5. The second kappa shape index (κ2) is 32.8. The van der Waals surface area contributed by atoms with Crippen LogP contribution in [0.2, 0.25) is 0 Å². The van der Waals surface area contributed by atoms with Crippen molar-refractivity contribution < 1.29 is 13.7 Å². The summed E-state index contributed by atoms with van der Waals surface area (Å²) in [5, 5.41) is 25.6. The van der Waals surface area contributed by atoms with E-state index in [1.165, 1.54) is 81.1 Å². The van der Waals surface area contributed by atoms with Gasteiger partial charge in [-0.1, -0.05) is 437 Å². The number of benzene rings is 22. The summed E-state index contributed by atoms with van der Waals surface area (Å²) in [6.45, 7) is 0. The van der Waals surface area contributed by atoms with Crippen LogP contribution in [0.1, 0.15) is 13.7 Å². The molecule has 0 radical (unpaired) electrons. The SMILES string of the molecule is [2H]c1c([2H])c([2H])c(-c2nc(-c3ccc4ccc5ccc6ccccc6c5c4c3)nc(-c3c([2H])c([2H])c([2H])c([2H])c3[2H])n2)c([2H])c1[2H].c1ccc(-c2nc(-c3ccc4ccccc4c3)nc(-c3cccc4c(-c5cc6ccc7ccccc7c6c6ccccc56)cccc34)n2)cc1.c1ccc(-c2nc(-c3ccccc3)nc(-c3ccccc3-c3cccc4c3ccc3ccc5ccccc5c34)n2)cc1. The molecule has 0 saturated heterocycles. The first-order valence-corrected chi connectivity index (χ1v) is 42.3. The zero-order chi connectivity index (χ0) is 93.5. The summed E-state index contributed by atoms with van der Waals surface area (Å²) in [7, 11) is 0. The van der Waals surface area contributed by atoms with E-state index in [4.69, 9.17) is 43.6 Å². The van der Waals surface area contributed by atoms with E-state index in [0.717, 1.165) is 93.0 Å². The van der Waals surface area contributed by atoms with Crippen LogP contribution in [-0.4, -0.2) is 44.9 Å². The highest BCUT2D eigenvalue weighted by atomic mass is 15.1. The third kappa shape index (κ3) is 14.2. The highest BCUT2D eigenvalue weighted by Gasteiger charge is 2.23. The molecule has 25 rings (SSSR count). The molecule has 0 saturated carbocycles. The summed E-state index contributed by atoms with van der Waals surface area (Å²) in [6, 6.07) is 131. The van der Waals surface area contributed by atoms with Gasteiger partial charge in [-0.25, -0.2) is 44.9 Å². The summed E-state index contributed by atoms with van der Waals surface area (Å²) < 4.78 is 83.0. The van der Waals surface area contributed by atoms with Crippen LogP contribution in [0.15, 0.2) is 455 Å². The van der Waals surface area contributed by atoms with E-state index >= 15 is 0 Å². The minimum Gasteiger partial charge on any atom is -0.208 e. The van der Waals surface area contributed by atoms with Crippen molar-refractivity contribution in [1.29, 1.82) is 0 Å². The average molecular weight is 1640 g/mol. The summed E-state index contributed by atoms with van der Waals surface area (Å²) in [5.74, 6) is 3.35. The molecule has 0 bridgehead atoms. The van der Waals surface area contributed by atoms with Crippen LogP contribution in [0.5, 0.6) is 0 Å². The van der Waals surface area contributed by atoms with Crippen LogP contribution in [0.25, 0.3) is 243 Å². The van der Waals surface area contributed by atoms with Crippen molar-refractivity contribution in [2.45, 2.75) is 0 Å². The van der Waals surface area contributed by atoms with E-state index in [9.17, 15) is 0 Å². The van der Waals surface area contributed by atoms with Crippen LogP contribution < -0.4 is 0 Å². The van der Waals surface area contributed by atoms with Crippen molar-refractivity contribution in [3.8, 4) is 125 Å². The standard InChI is InChI=1S/C47H29N3.C39H25N3.C33H21N3/c1-2-14-32(15-3-1)45-48-46(35-27-24-30-12-4-5-16-33(30)28-35)50-47(49-45)42-23-11-20-37-38(42)21-10-22-39(37)43-29-34-26-25-31-13-6-7-17-36(31)44(34)41-19-9-8-18-40(41)43;1-3-13-28(14-4-1)37-40-38(29-15-5-2-6-16-29)42-39(41-37)35-19-10-9-18-32(35)31-20-11-21-34-33(31)25-24-27-23-22-26-12-7-8-17-30(26)36(27)34;1-3-10-25(11-4-1)31-34-32(26-12-5-2-6-13-26)36-33(35-31)27-20-17-23-16-19-24-18-15-22-9-7-8-14-28(22)30(24)29(23)21-27/h1-29H;1-25H;1-21H/i;;1D,2D,3D,4D,5D,6D,10D,11D,12D,13D. The van der Waals surface area contributed by atoms with E-state index < -0.39 is 60.4 Å². The molecule has 0 N–H and O–H groups in total. The van der Waals surface area contributed by atoms with Crippen molar-refractivity contribution in [3.05, 3.63) is 455 Å². The number of fused-ring (bicyclic) bond motifs is 17. The molecule has 0 fully saturated rings. The van der Waals surface area contributed by atoms with Gasteiger partial charge in [0.15, 0.2) is 52.4 Å². The average Bonchev–Trinajstić information content (AvgIpc) is 0.759. The fourth-order valence-electron chi connectivity index (χ4n) is 17.9. The maximum absolute atomic E-state index is 8.55. The van der Waals surface area contributed by atoms with Gasteiger partial charge in [0.05, 0.1) is 13.7 Å². The second-order valence-electron chi connectivity index (χ2n) is 31.4. The van der Waals surface area contributed by atoms with Gasteiger partial charge in [0, 0.05) is 50.1 Å². The number of nitrogens with zero attached hydrogens (tertiary/aromatic N) is 9. The molecular formula is C119H75N9. The van der Waals surface area contributed by atoms with Crippen LogP contribution in [-0.2, 0) is 0 Å². The molecule has 0 spiro atoms. The summed E-state index contributed by atoms with van der Waals surface area (Å²) in [6.07, 6.45) is 0. The van der Waals surface area contributed by atoms with Gasteiger partial charge in [0.2, 0.25) is 0 Å². The largest absolute Gasteiger partial charge is 0.208 e. The molecule has 22 aromatic carbocycles. The van der Waals surface area contributed by atoms with Gasteiger partial charge in [0.1, 0.15) is 0 Å². The Morgan fingerprint density at radius 2 is 0.422 bits per heavy atom. The zero-order valence-electron chi connectivity index (χ0n) is 78.6. The van der Waals surface area contributed by atoms with Gasteiger partial charge in [-0.2, -0.15) is 0 Å². The van der Waals surface area contributed by atoms with Crippen molar-refractivity contribution in [2.24, 2.45) is 0 Å². The highest BCUT2D eigenvalue weighted by molar-refractivity contribution is 6.26. The van der Waals surface area contributed by atoms with Gasteiger partial charge in [-0.05, 0) is 159 Å². The van der Waals surface area contributed by atoms with Crippen molar-refractivity contribution in [1.82, 2.24) is 44.9 Å². The van der Waals surface area contributed by atoms with Gasteiger partial charge in [0.25, 0.3) is 0 Å². The molecule has 0 unspecified atom stereocenters. The van der Waals surface area contributed by atoms with Crippen molar-refractivity contribution in [2.75, 3.05) is 0 Å². The summed E-state index contributed by atoms with van der Waals surface area (Å²) in [4.78, 5) is 43.7. The topological polar surface area (TPSA) is 116 Å². The molecule has 9 heteroatoms. The third-order valence-electron chi connectivity index (χ3n) is 23.9. The Bertz CT molecular complexity index is 9110. The molecule has 0 atom stereocenters. The van der Waals surface area contributed by atoms with Crippen LogP contribution in [0.4, 0.5) is 0 Å². The number of rotatable bonds is 11. The quantitative estimate of drug-likeness (QED) is 0.117. The van der Waals surface area contributed by atoms with Gasteiger partial charge < -0.3 is 0 Å². The van der Waals surface area contributed by atoms with Gasteiger partial charge in [-0.15, -0.1) is 0 Å². The highest BCUT2D eigenvalue weighted by Crippen LogP contribution is 2.45. The number of aromatic nitrogens is 9. The first kappa shape index (κ1) is 65.4. The van der Waals surface area contributed by atoms with Gasteiger partial charge >= 0.3 is 0 Å². The summed E-state index contributed by atoms with van der Waals surface area (Å²) in [5.41, 5.74) is 10.3. The minimum absolute atomic E-state index is 0.0257.